The van der Waals surface area contributed by atoms with Gasteiger partial charge >= 0.3 is 0 Å². The molecular weight excluding hydrogens is 148 g/mol. The summed E-state index contributed by atoms with van der Waals surface area (Å²) in [5, 5.41) is 17.3. The first-order valence-electron chi connectivity index (χ1n) is 3.31. The smallest absolute Gasteiger partial charge is 0.101 e. The van der Waals surface area contributed by atoms with Crippen LogP contribution in [0.1, 0.15) is 16.7 Å². The summed E-state index contributed by atoms with van der Waals surface area (Å²) >= 11 is 0. The van der Waals surface area contributed by atoms with Gasteiger partial charge in [0.1, 0.15) is 12.1 Å². The van der Waals surface area contributed by atoms with Gasteiger partial charge in [-0.25, -0.2) is 0 Å². The summed E-state index contributed by atoms with van der Waals surface area (Å²) in [6.45, 7) is 5.26. The molecule has 0 aliphatic carbocycles. The number of nitrogens with zero attached hydrogens (tertiary/aromatic N) is 2. The van der Waals surface area contributed by atoms with E-state index in [0.717, 1.165) is 0 Å². The molecule has 0 atom stereocenters. The van der Waals surface area contributed by atoms with Gasteiger partial charge in [0.05, 0.1) is 11.1 Å². The number of nitriles is 2. The van der Waals surface area contributed by atoms with Crippen molar-refractivity contribution in [1.29, 1.82) is 10.5 Å². The van der Waals surface area contributed by atoms with Crippen molar-refractivity contribution in [3.05, 3.63) is 41.5 Å². The first-order chi connectivity index (χ1) is 5.83. The topological polar surface area (TPSA) is 47.6 Å². The Labute approximate surface area is 71.0 Å². The fraction of sp³-hybridized carbons (Fsp3) is 0. The van der Waals surface area contributed by atoms with Crippen molar-refractivity contribution in [2.75, 3.05) is 0 Å². The number of hydrogen-bond donors (Lipinski definition) is 0. The fourth-order valence-corrected chi connectivity index (χ4v) is 0.927. The van der Waals surface area contributed by atoms with E-state index in [0.29, 0.717) is 16.7 Å². The lowest BCUT2D eigenvalue weighted by Crippen LogP contribution is -1.86. The molecule has 1 radical (unpaired) electrons. The van der Waals surface area contributed by atoms with Crippen LogP contribution in [0.5, 0.6) is 0 Å². The summed E-state index contributed by atoms with van der Waals surface area (Å²) in [7, 11) is 0. The number of rotatable bonds is 1. The van der Waals surface area contributed by atoms with Crippen LogP contribution in [0.2, 0.25) is 0 Å². The average Bonchev–Trinajstić information content (AvgIpc) is 2.16. The minimum Gasteiger partial charge on any atom is -0.192 e. The SMILES string of the molecule is [CH]=Cc1cccc(C#N)c1C#N. The molecule has 0 spiro atoms. The number of benzene rings is 1. The molecule has 2 nitrogen and oxygen atoms in total. The predicted octanol–water partition coefficient (Wildman–Crippen LogP) is 1.88. The molecule has 0 heterocycles. The van der Waals surface area contributed by atoms with Crippen LogP contribution in [0, 0.1) is 29.2 Å². The third-order valence-corrected chi connectivity index (χ3v) is 1.51. The second-order valence-electron chi connectivity index (χ2n) is 2.16. The van der Waals surface area contributed by atoms with Gasteiger partial charge in [-0.1, -0.05) is 24.8 Å². The van der Waals surface area contributed by atoms with Crippen LogP contribution >= 0.6 is 0 Å². The zero-order valence-electron chi connectivity index (χ0n) is 6.28. The highest BCUT2D eigenvalue weighted by Gasteiger charge is 2.03. The largest absolute Gasteiger partial charge is 0.192 e. The summed E-state index contributed by atoms with van der Waals surface area (Å²) in [6, 6.07) is 8.83. The van der Waals surface area contributed by atoms with E-state index >= 15 is 0 Å². The van der Waals surface area contributed by atoms with E-state index in [1.807, 2.05) is 12.1 Å². The van der Waals surface area contributed by atoms with Crippen LogP contribution in [0.4, 0.5) is 0 Å². The van der Waals surface area contributed by atoms with E-state index < -0.39 is 0 Å². The van der Waals surface area contributed by atoms with Crippen molar-refractivity contribution >= 4 is 6.08 Å². The molecule has 0 N–H and O–H groups in total. The van der Waals surface area contributed by atoms with Gasteiger partial charge in [-0.3, -0.25) is 0 Å². The van der Waals surface area contributed by atoms with Gasteiger partial charge in [0.25, 0.3) is 0 Å². The van der Waals surface area contributed by atoms with Crippen LogP contribution in [0.15, 0.2) is 18.2 Å². The molecule has 0 aromatic heterocycles. The first kappa shape index (κ1) is 8.04. The summed E-state index contributed by atoms with van der Waals surface area (Å²) in [6.07, 6.45) is 1.32. The highest BCUT2D eigenvalue weighted by molar-refractivity contribution is 5.61. The molecule has 0 aliphatic rings. The zero-order valence-corrected chi connectivity index (χ0v) is 6.28. The van der Waals surface area contributed by atoms with Gasteiger partial charge in [0.15, 0.2) is 0 Å². The van der Waals surface area contributed by atoms with E-state index in [-0.39, 0.29) is 0 Å². The van der Waals surface area contributed by atoms with Crippen LogP contribution in [-0.4, -0.2) is 0 Å². The maximum atomic E-state index is 8.68. The van der Waals surface area contributed by atoms with Crippen molar-refractivity contribution in [2.24, 2.45) is 0 Å². The molecule has 55 valence electrons. The Morgan fingerprint density at radius 3 is 2.50 bits per heavy atom. The Hall–Kier alpha value is -2.06. The Morgan fingerprint density at radius 2 is 2.00 bits per heavy atom. The summed E-state index contributed by atoms with van der Waals surface area (Å²) in [5.74, 6) is 0. The average molecular weight is 153 g/mol. The Morgan fingerprint density at radius 1 is 1.25 bits per heavy atom. The summed E-state index contributed by atoms with van der Waals surface area (Å²) in [5.41, 5.74) is 1.29. The van der Waals surface area contributed by atoms with E-state index in [1.54, 1.807) is 18.2 Å². The maximum Gasteiger partial charge on any atom is 0.101 e. The third-order valence-electron chi connectivity index (χ3n) is 1.51. The molecule has 0 amide bonds. The van der Waals surface area contributed by atoms with Gasteiger partial charge in [0, 0.05) is 0 Å². The minimum atomic E-state index is 0.336. The van der Waals surface area contributed by atoms with Gasteiger partial charge in [-0.2, -0.15) is 10.5 Å². The monoisotopic (exact) mass is 153 g/mol. The molecule has 0 unspecified atom stereocenters. The van der Waals surface area contributed by atoms with Gasteiger partial charge in [-0.15, -0.1) is 0 Å². The zero-order chi connectivity index (χ0) is 8.97. The van der Waals surface area contributed by atoms with Crippen molar-refractivity contribution in [3.63, 3.8) is 0 Å². The molecular formula is C10H5N2. The quantitative estimate of drug-likeness (QED) is 0.618. The van der Waals surface area contributed by atoms with Gasteiger partial charge in [0.2, 0.25) is 0 Å². The summed E-state index contributed by atoms with van der Waals surface area (Å²) < 4.78 is 0. The molecule has 1 rings (SSSR count). The number of hydrogen-bond acceptors (Lipinski definition) is 2. The minimum absolute atomic E-state index is 0.336. The van der Waals surface area contributed by atoms with E-state index in [9.17, 15) is 0 Å². The molecule has 0 saturated heterocycles. The van der Waals surface area contributed by atoms with Crippen molar-refractivity contribution in [3.8, 4) is 12.1 Å². The Balaban J connectivity index is 3.47. The lowest BCUT2D eigenvalue weighted by molar-refractivity contribution is 1.42. The standard InChI is InChI=1S/C10H5N2/c1-2-8-4-3-5-9(6-11)10(8)7-12/h1-5H. The second kappa shape index (κ2) is 3.37. The van der Waals surface area contributed by atoms with Gasteiger partial charge in [-0.05, 0) is 11.6 Å². The molecule has 12 heavy (non-hydrogen) atoms. The van der Waals surface area contributed by atoms with E-state index in [2.05, 4.69) is 0 Å². The summed E-state index contributed by atoms with van der Waals surface area (Å²) in [4.78, 5) is 0. The molecule has 2 heteroatoms. The van der Waals surface area contributed by atoms with Crippen molar-refractivity contribution in [1.82, 2.24) is 0 Å². The molecule has 0 bridgehead atoms. The fourth-order valence-electron chi connectivity index (χ4n) is 0.927. The van der Waals surface area contributed by atoms with Crippen LogP contribution in [0.25, 0.3) is 6.08 Å². The predicted molar refractivity (Wildman–Crippen MR) is 44.6 cm³/mol. The highest BCUT2D eigenvalue weighted by Crippen LogP contribution is 2.13. The van der Waals surface area contributed by atoms with E-state index in [1.165, 1.54) is 6.08 Å². The molecule has 0 aliphatic heterocycles. The highest BCUT2D eigenvalue weighted by atomic mass is 14.3. The molecule has 0 fully saturated rings. The Bertz CT molecular complexity index is 391. The van der Waals surface area contributed by atoms with Crippen molar-refractivity contribution < 1.29 is 0 Å². The van der Waals surface area contributed by atoms with Crippen molar-refractivity contribution in [2.45, 2.75) is 0 Å². The molecule has 1 aromatic rings. The first-order valence-corrected chi connectivity index (χ1v) is 3.31. The second-order valence-corrected chi connectivity index (χ2v) is 2.16. The van der Waals surface area contributed by atoms with Crippen LogP contribution < -0.4 is 0 Å². The normalized spacial score (nSPS) is 8.17. The maximum absolute atomic E-state index is 8.68. The molecule has 0 saturated carbocycles. The molecule has 1 aromatic carbocycles. The lowest BCUT2D eigenvalue weighted by Gasteiger charge is -1.97. The van der Waals surface area contributed by atoms with Crippen LogP contribution in [0.3, 0.4) is 0 Å². The van der Waals surface area contributed by atoms with Crippen LogP contribution in [-0.2, 0) is 0 Å². The lowest BCUT2D eigenvalue weighted by atomic mass is 10.0. The van der Waals surface area contributed by atoms with E-state index in [4.69, 9.17) is 17.1 Å². The Kier molecular flexibility index (Phi) is 2.26. The third kappa shape index (κ3) is 1.19. The van der Waals surface area contributed by atoms with Gasteiger partial charge < -0.3 is 0 Å².